The van der Waals surface area contributed by atoms with E-state index in [1.165, 1.54) is 12.1 Å². The number of fused-ring (bicyclic) bond motifs is 3. The lowest BCUT2D eigenvalue weighted by atomic mass is 10.1. The third-order valence-electron chi connectivity index (χ3n) is 3.95. The van der Waals surface area contributed by atoms with Crippen molar-refractivity contribution >= 4 is 21.8 Å². The number of rotatable bonds is 1. The molecule has 0 atom stereocenters. The first-order valence-electron chi connectivity index (χ1n) is 7.12. The average Bonchev–Trinajstić information content (AvgIpc) is 2.88. The van der Waals surface area contributed by atoms with Gasteiger partial charge in [-0.05, 0) is 42.5 Å². The van der Waals surface area contributed by atoms with Crippen molar-refractivity contribution in [2.24, 2.45) is 0 Å². The van der Waals surface area contributed by atoms with E-state index in [2.05, 4.69) is 6.07 Å². The monoisotopic (exact) mass is 310 g/mol. The molecule has 23 heavy (non-hydrogen) atoms. The van der Waals surface area contributed by atoms with Crippen LogP contribution >= 0.6 is 0 Å². The summed E-state index contributed by atoms with van der Waals surface area (Å²) < 4.78 is 41.1. The molecule has 0 saturated carbocycles. The van der Waals surface area contributed by atoms with Crippen molar-refractivity contribution < 1.29 is 13.2 Å². The highest BCUT2D eigenvalue weighted by molar-refractivity contribution is 6.09. The summed E-state index contributed by atoms with van der Waals surface area (Å²) in [5.41, 5.74) is 1.86. The molecule has 0 unspecified atom stereocenters. The number of hydrogen-bond acceptors (Lipinski definition) is 0. The number of para-hydroxylation sites is 1. The van der Waals surface area contributed by atoms with Gasteiger partial charge in [-0.3, -0.25) is 0 Å². The Morgan fingerprint density at radius 1 is 0.826 bits per heavy atom. The van der Waals surface area contributed by atoms with E-state index in [4.69, 9.17) is 0 Å². The molecule has 0 spiro atoms. The molecule has 0 amide bonds. The van der Waals surface area contributed by atoms with Gasteiger partial charge in [-0.15, -0.1) is 0 Å². The fraction of sp³-hybridized carbons (Fsp3) is 0.0526. The Bertz CT molecular complexity index is 998. The van der Waals surface area contributed by atoms with Crippen molar-refractivity contribution in [3.63, 3.8) is 0 Å². The molecular weight excluding hydrogens is 299 g/mol. The summed E-state index contributed by atoms with van der Waals surface area (Å²) in [4.78, 5) is 0. The summed E-state index contributed by atoms with van der Waals surface area (Å²) in [7, 11) is 0. The highest BCUT2D eigenvalue weighted by atomic mass is 19.4. The number of hydrogen-bond donors (Lipinski definition) is 0. The van der Waals surface area contributed by atoms with E-state index in [-0.39, 0.29) is 0 Å². The Morgan fingerprint density at radius 2 is 1.61 bits per heavy atom. The fourth-order valence-corrected chi connectivity index (χ4v) is 2.94. The molecule has 113 valence electrons. The minimum absolute atomic E-state index is 0.590. The zero-order valence-corrected chi connectivity index (χ0v) is 11.9. The highest BCUT2D eigenvalue weighted by Gasteiger charge is 2.31. The van der Waals surface area contributed by atoms with Crippen LogP contribution in [0.25, 0.3) is 27.5 Å². The first-order valence-corrected chi connectivity index (χ1v) is 7.12. The molecule has 1 aromatic heterocycles. The minimum Gasteiger partial charge on any atom is -0.309 e. The molecule has 0 N–H and O–H groups in total. The zero-order chi connectivity index (χ0) is 16.0. The molecule has 1 heterocycles. The van der Waals surface area contributed by atoms with Crippen LogP contribution in [-0.2, 0) is 6.18 Å². The molecule has 3 aromatic carbocycles. The van der Waals surface area contributed by atoms with E-state index in [1.807, 2.05) is 34.9 Å². The molecule has 0 aliphatic carbocycles. The van der Waals surface area contributed by atoms with Crippen LogP contribution in [0.1, 0.15) is 5.56 Å². The third kappa shape index (κ3) is 2.18. The predicted molar refractivity (Wildman–Crippen MR) is 84.6 cm³/mol. The van der Waals surface area contributed by atoms with Gasteiger partial charge in [-0.1, -0.05) is 30.3 Å². The molecule has 4 heteroatoms. The van der Waals surface area contributed by atoms with Crippen LogP contribution in [0.15, 0.2) is 66.7 Å². The molecule has 0 aliphatic rings. The molecule has 4 aromatic rings. The Morgan fingerprint density at radius 3 is 2.35 bits per heavy atom. The predicted octanol–water partition coefficient (Wildman–Crippen LogP) is 5.60. The second kappa shape index (κ2) is 4.88. The Kier molecular flexibility index (Phi) is 2.94. The molecule has 0 bridgehead atoms. The van der Waals surface area contributed by atoms with Gasteiger partial charge in [-0.2, -0.15) is 13.2 Å². The van der Waals surface area contributed by atoms with E-state index in [0.717, 1.165) is 28.2 Å². The summed E-state index contributed by atoms with van der Waals surface area (Å²) in [6.07, 6.45) is -4.35. The third-order valence-corrected chi connectivity index (χ3v) is 3.95. The molecular formula is C19H11F3N. The van der Waals surface area contributed by atoms with Crippen molar-refractivity contribution in [2.75, 3.05) is 0 Å². The standard InChI is InChI=1S/C19H11F3N/c20-19(21,22)13-10-11-18-16(12-13)15-8-4-5-9-17(15)23(18)14-6-2-1-3-7-14/h1-4,6-12H. The van der Waals surface area contributed by atoms with Gasteiger partial charge in [0.15, 0.2) is 0 Å². The first-order chi connectivity index (χ1) is 11.1. The largest absolute Gasteiger partial charge is 0.416 e. The summed E-state index contributed by atoms with van der Waals surface area (Å²) in [6.45, 7) is 0. The second-order valence-corrected chi connectivity index (χ2v) is 5.34. The van der Waals surface area contributed by atoms with Gasteiger partial charge in [-0.25, -0.2) is 0 Å². The van der Waals surface area contributed by atoms with Crippen molar-refractivity contribution in [3.05, 3.63) is 78.4 Å². The van der Waals surface area contributed by atoms with Crippen LogP contribution in [0, 0.1) is 6.07 Å². The average molecular weight is 310 g/mol. The maximum Gasteiger partial charge on any atom is 0.416 e. The molecule has 0 saturated heterocycles. The van der Waals surface area contributed by atoms with Crippen molar-refractivity contribution in [1.29, 1.82) is 0 Å². The van der Waals surface area contributed by atoms with Gasteiger partial charge < -0.3 is 4.57 Å². The lowest BCUT2D eigenvalue weighted by molar-refractivity contribution is -0.137. The molecule has 0 fully saturated rings. The SMILES string of the molecule is FC(F)(F)c1ccc2c(c1)c1cc[c]cc1n2-c1ccccc1. The zero-order valence-electron chi connectivity index (χ0n) is 11.9. The lowest BCUT2D eigenvalue weighted by Gasteiger charge is -2.09. The van der Waals surface area contributed by atoms with Gasteiger partial charge in [0, 0.05) is 16.5 Å². The van der Waals surface area contributed by atoms with Crippen molar-refractivity contribution in [1.82, 2.24) is 4.57 Å². The smallest absolute Gasteiger partial charge is 0.309 e. The number of aromatic nitrogens is 1. The van der Waals surface area contributed by atoms with Crippen molar-refractivity contribution in [3.8, 4) is 5.69 Å². The molecule has 1 radical (unpaired) electrons. The maximum atomic E-state index is 13.0. The topological polar surface area (TPSA) is 4.93 Å². The summed E-state index contributed by atoms with van der Waals surface area (Å²) in [5.74, 6) is 0. The van der Waals surface area contributed by atoms with E-state index >= 15 is 0 Å². The van der Waals surface area contributed by atoms with E-state index < -0.39 is 11.7 Å². The van der Waals surface area contributed by atoms with Gasteiger partial charge >= 0.3 is 6.18 Å². The van der Waals surface area contributed by atoms with Gasteiger partial charge in [0.05, 0.1) is 16.6 Å². The summed E-state index contributed by atoms with van der Waals surface area (Å²) in [6, 6.07) is 21.8. The fourth-order valence-electron chi connectivity index (χ4n) is 2.94. The number of benzene rings is 3. The number of halogens is 3. The van der Waals surface area contributed by atoms with Crippen LogP contribution in [0.2, 0.25) is 0 Å². The lowest BCUT2D eigenvalue weighted by Crippen LogP contribution is -2.04. The van der Waals surface area contributed by atoms with Crippen molar-refractivity contribution in [2.45, 2.75) is 6.18 Å². The van der Waals surface area contributed by atoms with Crippen LogP contribution in [0.3, 0.4) is 0 Å². The van der Waals surface area contributed by atoms with Gasteiger partial charge in [0.2, 0.25) is 0 Å². The van der Waals surface area contributed by atoms with Crippen LogP contribution in [0.5, 0.6) is 0 Å². The number of nitrogens with zero attached hydrogens (tertiary/aromatic N) is 1. The Hall–Kier alpha value is -2.75. The Labute approximate surface area is 130 Å². The van der Waals surface area contributed by atoms with Gasteiger partial charge in [0.25, 0.3) is 0 Å². The quantitative estimate of drug-likeness (QED) is 0.431. The summed E-state index contributed by atoms with van der Waals surface area (Å²) in [5, 5.41) is 1.38. The van der Waals surface area contributed by atoms with E-state index in [0.29, 0.717) is 5.39 Å². The van der Waals surface area contributed by atoms with E-state index in [1.54, 1.807) is 18.2 Å². The van der Waals surface area contributed by atoms with Crippen LogP contribution in [-0.4, -0.2) is 4.57 Å². The maximum absolute atomic E-state index is 13.0. The number of alkyl halides is 3. The van der Waals surface area contributed by atoms with Gasteiger partial charge in [0.1, 0.15) is 0 Å². The molecule has 4 rings (SSSR count). The van der Waals surface area contributed by atoms with E-state index in [9.17, 15) is 13.2 Å². The first kappa shape index (κ1) is 13.9. The second-order valence-electron chi connectivity index (χ2n) is 5.34. The van der Waals surface area contributed by atoms with Crippen LogP contribution < -0.4 is 0 Å². The van der Waals surface area contributed by atoms with Crippen LogP contribution in [0.4, 0.5) is 13.2 Å². The Balaban J connectivity index is 2.13. The highest BCUT2D eigenvalue weighted by Crippen LogP contribution is 2.36. The minimum atomic E-state index is -4.35. The normalized spacial score (nSPS) is 12.1. The summed E-state index contributed by atoms with van der Waals surface area (Å²) >= 11 is 0. The molecule has 0 aliphatic heterocycles. The molecule has 1 nitrogen and oxygen atoms in total.